The van der Waals surface area contributed by atoms with Gasteiger partial charge in [-0.1, -0.05) is 17.8 Å². The van der Waals surface area contributed by atoms with Crippen LogP contribution in [-0.2, 0) is 0 Å². The van der Waals surface area contributed by atoms with Gasteiger partial charge >= 0.3 is 0 Å². The maximum atomic E-state index is 13.7. The molecule has 5 aromatic rings. The van der Waals surface area contributed by atoms with Crippen molar-refractivity contribution in [1.82, 2.24) is 14.9 Å². The lowest BCUT2D eigenvalue weighted by Gasteiger charge is -2.29. The molecule has 0 radical (unpaired) electrons. The Balaban J connectivity index is 1.35. The second kappa shape index (κ2) is 10.9. The smallest absolute Gasteiger partial charge is 0.269 e. The molecule has 2 atom stereocenters. The molecular formula is C30H22FN5O2S2. The van der Waals surface area contributed by atoms with Gasteiger partial charge in [0.1, 0.15) is 11.9 Å². The number of aromatic nitrogens is 2. The Morgan fingerprint density at radius 2 is 1.55 bits per heavy atom. The standard InChI is InChI=1S/C30H22FN5O2S2/c31-20-6-8-21(9-7-20)34-19-3-5-27(34)29-28(26-4-1-2-18-32-26)33-30(39)35(29)22-10-14-24(15-11-22)40-25-16-12-23(13-17-25)36(37)38/h1-19,28-29H,(H,33,39). The third-order valence-corrected chi connectivity index (χ3v) is 8.01. The third-order valence-electron chi connectivity index (χ3n) is 6.68. The van der Waals surface area contributed by atoms with Gasteiger partial charge in [-0.15, -0.1) is 0 Å². The predicted octanol–water partition coefficient (Wildman–Crippen LogP) is 7.25. The summed E-state index contributed by atoms with van der Waals surface area (Å²) in [6.07, 6.45) is 3.73. The van der Waals surface area contributed by atoms with Gasteiger partial charge in [-0.3, -0.25) is 15.1 Å². The van der Waals surface area contributed by atoms with E-state index >= 15 is 0 Å². The molecule has 1 saturated heterocycles. The van der Waals surface area contributed by atoms with Crippen molar-refractivity contribution in [1.29, 1.82) is 0 Å². The van der Waals surface area contributed by atoms with Gasteiger partial charge < -0.3 is 14.8 Å². The van der Waals surface area contributed by atoms with E-state index in [-0.39, 0.29) is 23.6 Å². The maximum absolute atomic E-state index is 13.7. The van der Waals surface area contributed by atoms with E-state index in [4.69, 9.17) is 12.2 Å². The molecule has 0 aliphatic carbocycles. The van der Waals surface area contributed by atoms with Crippen molar-refractivity contribution >= 4 is 40.5 Å². The average Bonchev–Trinajstić information content (AvgIpc) is 3.59. The SMILES string of the molecule is O=[N+]([O-])c1ccc(Sc2ccc(N3C(=S)NC(c4ccccn4)C3c3cccn3-c3ccc(F)cc3)cc2)cc1. The van der Waals surface area contributed by atoms with Crippen LogP contribution in [0.3, 0.4) is 0 Å². The van der Waals surface area contributed by atoms with E-state index in [1.54, 1.807) is 30.5 Å². The molecular weight excluding hydrogens is 545 g/mol. The molecule has 0 amide bonds. The number of nitro benzene ring substituents is 1. The molecule has 3 aromatic carbocycles. The summed E-state index contributed by atoms with van der Waals surface area (Å²) in [6, 6.07) is 30.3. The van der Waals surface area contributed by atoms with Gasteiger partial charge in [-0.05, 0) is 97.1 Å². The number of pyridine rings is 1. The molecule has 1 fully saturated rings. The number of halogens is 1. The zero-order valence-corrected chi connectivity index (χ0v) is 22.6. The van der Waals surface area contributed by atoms with Crippen LogP contribution in [-0.4, -0.2) is 19.6 Å². The van der Waals surface area contributed by atoms with Gasteiger partial charge in [-0.25, -0.2) is 4.39 Å². The highest BCUT2D eigenvalue weighted by atomic mass is 32.2. The first-order chi connectivity index (χ1) is 19.5. The molecule has 10 heteroatoms. The second-order valence-electron chi connectivity index (χ2n) is 9.12. The first kappa shape index (κ1) is 25.7. The van der Waals surface area contributed by atoms with Crippen LogP contribution in [0.15, 0.2) is 125 Å². The summed E-state index contributed by atoms with van der Waals surface area (Å²) in [5.41, 5.74) is 3.64. The second-order valence-corrected chi connectivity index (χ2v) is 10.7. The Morgan fingerprint density at radius 1 is 0.875 bits per heavy atom. The van der Waals surface area contributed by atoms with Crippen LogP contribution in [0, 0.1) is 15.9 Å². The third kappa shape index (κ3) is 5.06. The van der Waals surface area contributed by atoms with Crippen LogP contribution in [0.25, 0.3) is 5.69 Å². The summed E-state index contributed by atoms with van der Waals surface area (Å²) < 4.78 is 15.7. The molecule has 0 saturated carbocycles. The lowest BCUT2D eigenvalue weighted by Crippen LogP contribution is -2.30. The lowest BCUT2D eigenvalue weighted by atomic mass is 10.0. The molecule has 2 unspecified atom stereocenters. The summed E-state index contributed by atoms with van der Waals surface area (Å²) in [7, 11) is 0. The van der Waals surface area contributed by atoms with Crippen LogP contribution in [0.5, 0.6) is 0 Å². The van der Waals surface area contributed by atoms with Crippen LogP contribution in [0.4, 0.5) is 15.8 Å². The van der Waals surface area contributed by atoms with Gasteiger partial charge in [0, 0.05) is 51.4 Å². The van der Waals surface area contributed by atoms with Gasteiger partial charge in [0.05, 0.1) is 16.7 Å². The van der Waals surface area contributed by atoms with E-state index < -0.39 is 4.92 Å². The summed E-state index contributed by atoms with van der Waals surface area (Å²) in [6.45, 7) is 0. The van der Waals surface area contributed by atoms with Crippen molar-refractivity contribution in [3.8, 4) is 5.69 Å². The molecule has 1 aliphatic heterocycles. The number of hydrogen-bond donors (Lipinski definition) is 1. The largest absolute Gasteiger partial charge is 0.351 e. The van der Waals surface area contributed by atoms with Gasteiger partial charge in [0.25, 0.3) is 5.69 Å². The monoisotopic (exact) mass is 567 g/mol. The lowest BCUT2D eigenvalue weighted by molar-refractivity contribution is -0.384. The number of nitro groups is 1. The highest BCUT2D eigenvalue weighted by Crippen LogP contribution is 2.43. The van der Waals surface area contributed by atoms with Crippen LogP contribution in [0.1, 0.15) is 23.5 Å². The average molecular weight is 568 g/mol. The van der Waals surface area contributed by atoms with E-state index in [9.17, 15) is 14.5 Å². The van der Waals surface area contributed by atoms with Crippen molar-refractivity contribution in [3.63, 3.8) is 0 Å². The van der Waals surface area contributed by atoms with Crippen molar-refractivity contribution in [2.75, 3.05) is 4.90 Å². The van der Waals surface area contributed by atoms with Crippen LogP contribution in [0.2, 0.25) is 0 Å². The van der Waals surface area contributed by atoms with E-state index in [0.29, 0.717) is 5.11 Å². The van der Waals surface area contributed by atoms with Gasteiger partial charge in [0.15, 0.2) is 5.11 Å². The number of nitrogens with one attached hydrogen (secondary N) is 1. The van der Waals surface area contributed by atoms with E-state index in [0.717, 1.165) is 32.6 Å². The molecule has 2 aromatic heterocycles. The van der Waals surface area contributed by atoms with Crippen molar-refractivity contribution in [2.45, 2.75) is 21.9 Å². The maximum Gasteiger partial charge on any atom is 0.269 e. The molecule has 40 heavy (non-hydrogen) atoms. The molecule has 0 bridgehead atoms. The minimum Gasteiger partial charge on any atom is -0.351 e. The number of non-ortho nitro benzene ring substituents is 1. The van der Waals surface area contributed by atoms with E-state index in [2.05, 4.69) is 15.2 Å². The van der Waals surface area contributed by atoms with Crippen LogP contribution < -0.4 is 10.2 Å². The fourth-order valence-electron chi connectivity index (χ4n) is 4.85. The van der Waals surface area contributed by atoms with Crippen molar-refractivity contribution < 1.29 is 9.31 Å². The Kier molecular flexibility index (Phi) is 7.02. The van der Waals surface area contributed by atoms with Crippen molar-refractivity contribution in [2.24, 2.45) is 0 Å². The Hall–Kier alpha value is -4.54. The Labute approximate surface area is 239 Å². The number of hydrogen-bond acceptors (Lipinski definition) is 5. The van der Waals surface area contributed by atoms with Crippen LogP contribution >= 0.6 is 24.0 Å². The highest BCUT2D eigenvalue weighted by molar-refractivity contribution is 7.99. The van der Waals surface area contributed by atoms with E-state index in [1.807, 2.05) is 65.4 Å². The number of nitrogens with zero attached hydrogens (tertiary/aromatic N) is 4. The number of anilines is 1. The van der Waals surface area contributed by atoms with Gasteiger partial charge in [0.2, 0.25) is 0 Å². The molecule has 0 spiro atoms. The number of thiocarbonyl (C=S) groups is 1. The fourth-order valence-corrected chi connectivity index (χ4v) is 6.01. The minimum absolute atomic E-state index is 0.0635. The highest BCUT2D eigenvalue weighted by Gasteiger charge is 2.42. The predicted molar refractivity (Wildman–Crippen MR) is 157 cm³/mol. The molecule has 198 valence electrons. The number of benzene rings is 3. The molecule has 7 nitrogen and oxygen atoms in total. The number of rotatable bonds is 7. The minimum atomic E-state index is -0.405. The summed E-state index contributed by atoms with van der Waals surface area (Å²) in [4.78, 5) is 19.2. The first-order valence-corrected chi connectivity index (χ1v) is 13.7. The summed E-state index contributed by atoms with van der Waals surface area (Å²) in [5.74, 6) is -0.291. The van der Waals surface area contributed by atoms with Gasteiger partial charge in [-0.2, -0.15) is 0 Å². The summed E-state index contributed by atoms with van der Waals surface area (Å²) >= 11 is 7.39. The molecule has 1 aliphatic rings. The summed E-state index contributed by atoms with van der Waals surface area (Å²) in [5, 5.41) is 15.0. The Bertz CT molecular complexity index is 1660. The molecule has 3 heterocycles. The topological polar surface area (TPSA) is 76.2 Å². The zero-order chi connectivity index (χ0) is 27.6. The normalized spacial score (nSPS) is 16.6. The molecule has 1 N–H and O–H groups in total. The van der Waals surface area contributed by atoms with Crippen molar-refractivity contribution in [3.05, 3.63) is 143 Å². The quantitative estimate of drug-likeness (QED) is 0.126. The first-order valence-electron chi connectivity index (χ1n) is 12.4. The van der Waals surface area contributed by atoms with E-state index in [1.165, 1.54) is 36.0 Å². The Morgan fingerprint density at radius 3 is 2.20 bits per heavy atom. The zero-order valence-electron chi connectivity index (χ0n) is 20.9. The fraction of sp³-hybridized carbons (Fsp3) is 0.0667. The molecule has 6 rings (SSSR count).